The van der Waals surface area contributed by atoms with Crippen LogP contribution in [-0.2, 0) is 54.5 Å². The number of carbonyl (C=O) groups is 6. The summed E-state index contributed by atoms with van der Waals surface area (Å²) >= 11 is 3.43. The first-order chi connectivity index (χ1) is 41.9. The predicted octanol–water partition coefficient (Wildman–Crippen LogP) is 16.7. The second kappa shape index (κ2) is 49.8. The minimum Gasteiger partial charge on any atom is -0.311 e. The first kappa shape index (κ1) is 90.5. The van der Waals surface area contributed by atoms with Crippen LogP contribution in [0, 0.1) is 5.92 Å². The topological polar surface area (TPSA) is 175 Å². The van der Waals surface area contributed by atoms with Gasteiger partial charge in [-0.1, -0.05) is 216 Å². The largest absolute Gasteiger partial charge is 0.311 e. The number of rotatable bonds is 23. The Bertz CT molecular complexity index is 3330. The van der Waals surface area contributed by atoms with E-state index in [-0.39, 0.29) is 116 Å². The molecule has 2 heterocycles. The second-order valence-electron chi connectivity index (χ2n) is 22.2. The number of nitrogens with one attached hydrogen (secondary N) is 6. The minimum atomic E-state index is -0.161. The lowest BCUT2D eigenvalue weighted by atomic mass is 9.84. The molecule has 6 N–H and O–H groups in total. The van der Waals surface area contributed by atoms with Gasteiger partial charge in [0.25, 0.3) is 0 Å². The Balaban J connectivity index is -0.00000104. The minimum absolute atomic E-state index is 0. The fraction of sp³-hybridized carbons (Fsp3) is 0.443. The van der Waals surface area contributed by atoms with E-state index in [1.54, 1.807) is 71.3 Å². The van der Waals surface area contributed by atoms with Gasteiger partial charge in [0.1, 0.15) is 28.9 Å². The Labute approximate surface area is 570 Å². The number of thiophene rings is 2. The highest BCUT2D eigenvalue weighted by Gasteiger charge is 2.21. The van der Waals surface area contributed by atoms with Crippen molar-refractivity contribution < 1.29 is 28.8 Å². The van der Waals surface area contributed by atoms with E-state index in [1.165, 1.54) is 85.3 Å². The molecule has 12 nitrogen and oxygen atoms in total. The summed E-state index contributed by atoms with van der Waals surface area (Å²) in [6.45, 7) is 9.79. The van der Waals surface area contributed by atoms with E-state index in [4.69, 9.17) is 0 Å². The van der Waals surface area contributed by atoms with Crippen molar-refractivity contribution in [2.24, 2.45) is 5.92 Å². The van der Waals surface area contributed by atoms with Gasteiger partial charge in [0.2, 0.25) is 0 Å². The molecule has 14 heteroatoms. The fourth-order valence-electron chi connectivity index (χ4n) is 10.6. The van der Waals surface area contributed by atoms with Crippen molar-refractivity contribution in [1.82, 2.24) is 31.9 Å². The summed E-state index contributed by atoms with van der Waals surface area (Å²) in [7, 11) is 11.0. The highest BCUT2D eigenvalue weighted by atomic mass is 32.1. The van der Waals surface area contributed by atoms with E-state index in [0.29, 0.717) is 0 Å². The van der Waals surface area contributed by atoms with Gasteiger partial charge in [0.05, 0.1) is 36.3 Å². The smallest absolute Gasteiger partial charge is 0.151 e. The number of fused-ring (bicyclic) bond motifs is 3. The van der Waals surface area contributed by atoms with E-state index in [0.717, 1.165) is 43.6 Å². The molecule has 1 aliphatic rings. The van der Waals surface area contributed by atoms with E-state index in [2.05, 4.69) is 110 Å². The first-order valence-electron chi connectivity index (χ1n) is 30.4. The maximum atomic E-state index is 11.5. The maximum absolute atomic E-state index is 11.5. The lowest BCUT2D eigenvalue weighted by Gasteiger charge is -2.24. The zero-order chi connectivity index (χ0) is 63.7. The number of hydrogen-bond donors (Lipinski definition) is 6. The first-order valence-corrected chi connectivity index (χ1v) is 32.2. The molecular weight excluding hydrogens is 1190 g/mol. The molecule has 1 fully saturated rings. The Morgan fingerprint density at radius 1 is 0.398 bits per heavy atom. The van der Waals surface area contributed by atoms with Crippen LogP contribution < -0.4 is 31.9 Å². The van der Waals surface area contributed by atoms with Crippen LogP contribution in [0.25, 0.3) is 31.6 Å². The summed E-state index contributed by atoms with van der Waals surface area (Å²) in [5.74, 6) is 1.97. The number of hydrogen-bond acceptors (Lipinski definition) is 14. The molecule has 0 spiro atoms. The van der Waals surface area contributed by atoms with Crippen LogP contribution in [-0.4, -0.2) is 107 Å². The Hall–Kier alpha value is -6.72. The van der Waals surface area contributed by atoms with Crippen LogP contribution >= 0.6 is 22.7 Å². The van der Waals surface area contributed by atoms with Crippen molar-refractivity contribution >= 4 is 89.0 Å². The SMILES string of the molecule is C.C.C.C.C.C.CNC(C(C)=O)c1ccccc1.CNC(CC1CCCCC1)C(C)=O.CNC(Cc1ccc2ccccc2c1)C(C)=O.CNC(Cc1cccc2ccccc12)C(C)=O.CNC(Cc1cccs1)C(C)=O.CNC(Cc1csc2ccccc12)C(C)=O. The molecular formula is C79H120N6O6S2. The van der Waals surface area contributed by atoms with Crippen molar-refractivity contribution in [3.63, 3.8) is 0 Å². The normalized spacial score (nSPS) is 13.1. The van der Waals surface area contributed by atoms with Gasteiger partial charge in [0, 0.05) is 16.0 Å². The Kier molecular flexibility index (Phi) is 48.5. The van der Waals surface area contributed by atoms with Crippen LogP contribution in [0.3, 0.4) is 0 Å². The maximum Gasteiger partial charge on any atom is 0.151 e. The van der Waals surface area contributed by atoms with Gasteiger partial charge in [-0.15, -0.1) is 22.7 Å². The zero-order valence-corrected chi connectivity index (χ0v) is 55.1. The van der Waals surface area contributed by atoms with Gasteiger partial charge >= 0.3 is 0 Å². The van der Waals surface area contributed by atoms with E-state index in [9.17, 15) is 28.8 Å². The number of Topliss-reactive ketones (excluding diaryl/α,β-unsaturated/α-hetero) is 6. The molecule has 8 aromatic rings. The van der Waals surface area contributed by atoms with Crippen molar-refractivity contribution in [1.29, 1.82) is 0 Å². The molecule has 0 bridgehead atoms. The monoisotopic (exact) mass is 1310 g/mol. The van der Waals surface area contributed by atoms with Crippen molar-refractivity contribution in [2.75, 3.05) is 42.3 Å². The molecule has 2 aromatic heterocycles. The Morgan fingerprint density at radius 3 is 1.37 bits per heavy atom. The standard InChI is InChI=1S/2C15H17NO.C13H15NOS.C11H21NO.C10H13NO.C9H13NOS.6CH4/c1-11(17)15(16-2)10-13-8-5-7-12-6-3-4-9-14(12)13;1-11(17)15(16-2)10-12-7-8-13-5-3-4-6-14(13)9-12;1-9(15)12(14-2)7-10-8-16-13-6-4-3-5-11(10)13;1-9(13)11(12-2)8-10-6-4-3-5-7-10;1-8(12)10(11-2)9-6-4-3-5-7-9;1-7(11)9(10-2)6-8-4-3-5-12-8;;;;;;/h2*3-9,15-16H,10H2,1-2H3;3-6,8,12,14H,7H2,1-2H3;10-12H,3-8H2,1-2H3;3-7,10-11H,1-2H3;3-5,9-10H,6H2,1-2H3;6*1H4. The molecule has 0 aliphatic heterocycles. The molecule has 1 aliphatic carbocycles. The van der Waals surface area contributed by atoms with E-state index in [1.807, 2.05) is 119 Å². The molecule has 6 aromatic carbocycles. The van der Waals surface area contributed by atoms with Crippen molar-refractivity contribution in [2.45, 2.75) is 187 Å². The van der Waals surface area contributed by atoms with E-state index >= 15 is 0 Å². The molecule has 0 amide bonds. The summed E-state index contributed by atoms with van der Waals surface area (Å²) in [6, 6.07) is 50.9. The van der Waals surface area contributed by atoms with Crippen LogP contribution in [0.15, 0.2) is 162 Å². The summed E-state index contributed by atoms with van der Waals surface area (Å²) < 4.78 is 1.29. The van der Waals surface area contributed by atoms with Gasteiger partial charge < -0.3 is 31.9 Å². The van der Waals surface area contributed by atoms with Crippen molar-refractivity contribution in [3.8, 4) is 0 Å². The fourth-order valence-corrected chi connectivity index (χ4v) is 12.3. The summed E-state index contributed by atoms with van der Waals surface area (Å²) in [5, 5.41) is 28.6. The third kappa shape index (κ3) is 31.4. The van der Waals surface area contributed by atoms with Crippen LogP contribution in [0.5, 0.6) is 0 Å². The average molecular weight is 1310 g/mol. The van der Waals surface area contributed by atoms with E-state index < -0.39 is 0 Å². The van der Waals surface area contributed by atoms with Gasteiger partial charge in [-0.25, -0.2) is 0 Å². The van der Waals surface area contributed by atoms with Gasteiger partial charge in [-0.3, -0.25) is 28.8 Å². The Morgan fingerprint density at radius 2 is 0.860 bits per heavy atom. The molecule has 1 saturated carbocycles. The summed E-state index contributed by atoms with van der Waals surface area (Å²) in [6.07, 6.45) is 10.9. The number of carbonyl (C=O) groups excluding carboxylic acids is 6. The molecule has 6 atom stereocenters. The van der Waals surface area contributed by atoms with Gasteiger partial charge in [0.15, 0.2) is 5.78 Å². The highest BCUT2D eigenvalue weighted by Crippen LogP contribution is 2.28. The molecule has 9 rings (SSSR count). The third-order valence-electron chi connectivity index (χ3n) is 15.8. The van der Waals surface area contributed by atoms with Gasteiger partial charge in [-0.05, 0) is 188 Å². The van der Waals surface area contributed by atoms with Crippen LogP contribution in [0.1, 0.15) is 158 Å². The highest BCUT2D eigenvalue weighted by molar-refractivity contribution is 7.17. The lowest BCUT2D eigenvalue weighted by Crippen LogP contribution is -2.34. The predicted molar refractivity (Wildman–Crippen MR) is 407 cm³/mol. The quantitative estimate of drug-likeness (QED) is 0.0358. The lowest BCUT2D eigenvalue weighted by molar-refractivity contribution is -0.120. The number of ketones is 6. The van der Waals surface area contributed by atoms with Crippen molar-refractivity contribution in [3.05, 3.63) is 190 Å². The summed E-state index contributed by atoms with van der Waals surface area (Å²) in [5.41, 5.74) is 4.69. The third-order valence-corrected chi connectivity index (χ3v) is 17.8. The molecule has 93 heavy (non-hydrogen) atoms. The molecule has 514 valence electrons. The average Bonchev–Trinajstić information content (AvgIpc) is 1.84. The number of benzene rings is 6. The summed E-state index contributed by atoms with van der Waals surface area (Å²) in [4.78, 5) is 68.8. The molecule has 6 unspecified atom stereocenters. The molecule has 0 radical (unpaired) electrons. The second-order valence-corrected chi connectivity index (χ2v) is 24.2. The van der Waals surface area contributed by atoms with Crippen LogP contribution in [0.4, 0.5) is 0 Å². The zero-order valence-electron chi connectivity index (χ0n) is 53.5. The molecule has 0 saturated heterocycles. The van der Waals surface area contributed by atoms with Gasteiger partial charge in [-0.2, -0.15) is 0 Å². The van der Waals surface area contributed by atoms with Crippen LogP contribution in [0.2, 0.25) is 0 Å². The number of likely N-dealkylation sites (N-methyl/N-ethyl adjacent to an activating group) is 6.